The van der Waals surface area contributed by atoms with E-state index in [1.807, 2.05) is 65.2 Å². The maximum Gasteiger partial charge on any atom is 0.229 e. The number of benzene rings is 2. The number of hydrogen-bond acceptors (Lipinski definition) is 2. The van der Waals surface area contributed by atoms with Crippen LogP contribution in [0.5, 0.6) is 0 Å². The summed E-state index contributed by atoms with van der Waals surface area (Å²) in [5.41, 5.74) is 2.16. The van der Waals surface area contributed by atoms with Crippen LogP contribution in [0.25, 0.3) is 0 Å². The van der Waals surface area contributed by atoms with Gasteiger partial charge in [0.15, 0.2) is 0 Å². The van der Waals surface area contributed by atoms with Gasteiger partial charge in [0.05, 0.1) is 0 Å². The minimum atomic E-state index is 0.0878. The average Bonchev–Trinajstić information content (AvgIpc) is 2.49. The van der Waals surface area contributed by atoms with Crippen molar-refractivity contribution in [3.05, 3.63) is 66.2 Å². The maximum absolute atomic E-state index is 12.3. The summed E-state index contributed by atoms with van der Waals surface area (Å²) in [6.07, 6.45) is 0.614. The van der Waals surface area contributed by atoms with Crippen molar-refractivity contribution in [2.45, 2.75) is 11.8 Å². The Morgan fingerprint density at radius 1 is 0.947 bits per heavy atom. The molecule has 0 saturated carbocycles. The van der Waals surface area contributed by atoms with E-state index in [1.54, 1.807) is 0 Å². The van der Waals surface area contributed by atoms with Crippen LogP contribution in [-0.4, -0.2) is 11.7 Å². The summed E-state index contributed by atoms with van der Waals surface area (Å²) in [4.78, 5) is 14.2. The molecular formula is C16H15NOS. The quantitative estimate of drug-likeness (QED) is 0.825. The van der Waals surface area contributed by atoms with E-state index in [2.05, 4.69) is 12.1 Å². The molecule has 2 aromatic rings. The zero-order valence-corrected chi connectivity index (χ0v) is 11.3. The Morgan fingerprint density at radius 3 is 2.26 bits per heavy atom. The fourth-order valence-electron chi connectivity index (χ4n) is 2.31. The zero-order valence-electron chi connectivity index (χ0n) is 10.5. The van der Waals surface area contributed by atoms with E-state index in [4.69, 9.17) is 0 Å². The lowest BCUT2D eigenvalue weighted by molar-refractivity contribution is -0.118. The first-order valence-corrected chi connectivity index (χ1v) is 7.45. The summed E-state index contributed by atoms with van der Waals surface area (Å²) < 4.78 is 0. The molecule has 0 aromatic heterocycles. The van der Waals surface area contributed by atoms with Gasteiger partial charge in [0.1, 0.15) is 5.37 Å². The maximum atomic E-state index is 12.3. The summed E-state index contributed by atoms with van der Waals surface area (Å²) in [5.74, 6) is 1.10. The predicted octanol–water partition coefficient (Wildman–Crippen LogP) is 3.86. The lowest BCUT2D eigenvalue weighted by Gasteiger charge is -2.35. The molecule has 2 nitrogen and oxygen atoms in total. The molecule has 3 heteroatoms. The van der Waals surface area contributed by atoms with E-state index in [1.165, 1.54) is 5.56 Å². The van der Waals surface area contributed by atoms with Crippen LogP contribution in [0.4, 0.5) is 5.69 Å². The van der Waals surface area contributed by atoms with Crippen LogP contribution in [0, 0.1) is 0 Å². The number of carbonyl (C=O) groups is 1. The van der Waals surface area contributed by atoms with E-state index in [0.717, 1.165) is 11.4 Å². The van der Waals surface area contributed by atoms with Gasteiger partial charge in [-0.3, -0.25) is 9.69 Å². The van der Waals surface area contributed by atoms with E-state index in [9.17, 15) is 4.79 Å². The minimum absolute atomic E-state index is 0.0878. The fraction of sp³-hybridized carbons (Fsp3) is 0.188. The molecule has 0 N–H and O–H groups in total. The monoisotopic (exact) mass is 269 g/mol. The number of para-hydroxylation sites is 1. The number of hydrogen-bond donors (Lipinski definition) is 0. The second-order valence-electron chi connectivity index (χ2n) is 4.48. The van der Waals surface area contributed by atoms with Gasteiger partial charge in [0.25, 0.3) is 0 Å². The number of anilines is 1. The van der Waals surface area contributed by atoms with Crippen molar-refractivity contribution in [1.29, 1.82) is 0 Å². The van der Waals surface area contributed by atoms with E-state index < -0.39 is 0 Å². The van der Waals surface area contributed by atoms with Crippen molar-refractivity contribution in [1.82, 2.24) is 0 Å². The third-order valence-electron chi connectivity index (χ3n) is 3.21. The van der Waals surface area contributed by atoms with Crippen molar-refractivity contribution < 1.29 is 4.79 Å². The molecule has 0 bridgehead atoms. The number of carbonyl (C=O) groups excluding carboxylic acids is 1. The van der Waals surface area contributed by atoms with Gasteiger partial charge in [0.2, 0.25) is 5.91 Å². The molecule has 1 aliphatic heterocycles. The fourth-order valence-corrected chi connectivity index (χ4v) is 3.57. The minimum Gasteiger partial charge on any atom is -0.296 e. The Balaban J connectivity index is 1.99. The Bertz CT molecular complexity index is 555. The van der Waals surface area contributed by atoms with Gasteiger partial charge in [-0.05, 0) is 17.7 Å². The summed E-state index contributed by atoms with van der Waals surface area (Å²) in [6.45, 7) is 0. The largest absolute Gasteiger partial charge is 0.296 e. The molecule has 1 saturated heterocycles. The smallest absolute Gasteiger partial charge is 0.229 e. The highest BCUT2D eigenvalue weighted by Gasteiger charge is 2.30. The van der Waals surface area contributed by atoms with Gasteiger partial charge in [-0.25, -0.2) is 0 Å². The molecule has 3 rings (SSSR count). The number of nitrogens with zero attached hydrogens (tertiary/aromatic N) is 1. The van der Waals surface area contributed by atoms with Crippen molar-refractivity contribution in [2.24, 2.45) is 0 Å². The first-order chi connectivity index (χ1) is 9.36. The summed E-state index contributed by atoms with van der Waals surface area (Å²) in [5, 5.41) is 0.0878. The van der Waals surface area contributed by atoms with Crippen molar-refractivity contribution in [3.8, 4) is 0 Å². The molecule has 2 aromatic carbocycles. The van der Waals surface area contributed by atoms with Gasteiger partial charge in [-0.2, -0.15) is 0 Å². The van der Waals surface area contributed by atoms with Crippen molar-refractivity contribution >= 4 is 23.4 Å². The van der Waals surface area contributed by atoms with E-state index >= 15 is 0 Å². The molecule has 0 aliphatic carbocycles. The lowest BCUT2D eigenvalue weighted by Crippen LogP contribution is -2.37. The Morgan fingerprint density at radius 2 is 1.58 bits per heavy atom. The van der Waals surface area contributed by atoms with Crippen LogP contribution in [0.15, 0.2) is 60.7 Å². The zero-order chi connectivity index (χ0) is 13.1. The highest BCUT2D eigenvalue weighted by molar-refractivity contribution is 7.99. The SMILES string of the molecule is O=C1CCS[C@@H](c2ccccc2)N1c1ccccc1. The van der Waals surface area contributed by atoms with Gasteiger partial charge >= 0.3 is 0 Å². The molecule has 0 spiro atoms. The molecule has 1 amide bonds. The molecule has 0 radical (unpaired) electrons. The summed E-state index contributed by atoms with van der Waals surface area (Å²) in [7, 11) is 0. The van der Waals surface area contributed by atoms with Crippen LogP contribution in [0.3, 0.4) is 0 Å². The molecule has 96 valence electrons. The lowest BCUT2D eigenvalue weighted by atomic mass is 10.1. The Hall–Kier alpha value is -1.74. The van der Waals surface area contributed by atoms with Crippen molar-refractivity contribution in [2.75, 3.05) is 10.7 Å². The molecule has 1 atom stereocenters. The van der Waals surface area contributed by atoms with Crippen LogP contribution in [0.2, 0.25) is 0 Å². The molecule has 19 heavy (non-hydrogen) atoms. The third-order valence-corrected chi connectivity index (χ3v) is 4.45. The summed E-state index contributed by atoms with van der Waals surface area (Å²) >= 11 is 1.83. The molecule has 1 aliphatic rings. The predicted molar refractivity (Wildman–Crippen MR) is 80.2 cm³/mol. The number of amides is 1. The highest BCUT2D eigenvalue weighted by atomic mass is 32.2. The summed E-state index contributed by atoms with van der Waals surface area (Å²) in [6, 6.07) is 20.2. The normalized spacial score (nSPS) is 19.5. The molecule has 1 heterocycles. The Labute approximate surface area is 117 Å². The number of rotatable bonds is 2. The Kier molecular flexibility index (Phi) is 3.56. The molecule has 1 fully saturated rings. The van der Waals surface area contributed by atoms with Crippen LogP contribution >= 0.6 is 11.8 Å². The van der Waals surface area contributed by atoms with Gasteiger partial charge in [-0.15, -0.1) is 11.8 Å². The third kappa shape index (κ3) is 2.51. The molecule has 0 unspecified atom stereocenters. The number of thioether (sulfide) groups is 1. The highest BCUT2D eigenvalue weighted by Crippen LogP contribution is 2.40. The van der Waals surface area contributed by atoms with Crippen LogP contribution in [0.1, 0.15) is 17.4 Å². The van der Waals surface area contributed by atoms with Gasteiger partial charge < -0.3 is 0 Å². The topological polar surface area (TPSA) is 20.3 Å². The van der Waals surface area contributed by atoms with Gasteiger partial charge in [-0.1, -0.05) is 48.5 Å². The first kappa shape index (κ1) is 12.3. The van der Waals surface area contributed by atoms with Crippen LogP contribution in [-0.2, 0) is 4.79 Å². The first-order valence-electron chi connectivity index (χ1n) is 6.40. The second-order valence-corrected chi connectivity index (χ2v) is 5.67. The van der Waals surface area contributed by atoms with Crippen molar-refractivity contribution in [3.63, 3.8) is 0 Å². The average molecular weight is 269 g/mol. The standard InChI is InChI=1S/C16H15NOS/c18-15-11-12-19-16(13-7-3-1-4-8-13)17(15)14-9-5-2-6-10-14/h1-10,16H,11-12H2/t16-/m0/s1. The van der Waals surface area contributed by atoms with E-state index in [0.29, 0.717) is 6.42 Å². The molecular weight excluding hydrogens is 254 g/mol. The van der Waals surface area contributed by atoms with Crippen LogP contribution < -0.4 is 4.90 Å². The van der Waals surface area contributed by atoms with E-state index in [-0.39, 0.29) is 11.3 Å². The van der Waals surface area contributed by atoms with Gasteiger partial charge in [0, 0.05) is 17.9 Å². The second kappa shape index (κ2) is 5.49.